The predicted octanol–water partition coefficient (Wildman–Crippen LogP) is 2.86. The third-order valence-corrected chi connectivity index (χ3v) is 6.00. The summed E-state index contributed by atoms with van der Waals surface area (Å²) in [7, 11) is 0. The number of aromatic nitrogens is 1. The molecule has 2 aromatic carbocycles. The maximum atomic E-state index is 13.1. The van der Waals surface area contributed by atoms with E-state index in [0.29, 0.717) is 12.2 Å². The Morgan fingerprint density at radius 2 is 1.79 bits per heavy atom. The Hall–Kier alpha value is -3.43. The van der Waals surface area contributed by atoms with E-state index in [2.05, 4.69) is 17.0 Å². The molecule has 5 rings (SSSR count). The van der Waals surface area contributed by atoms with Gasteiger partial charge in [-0.1, -0.05) is 36.4 Å². The molecular weight excluding hydrogens is 364 g/mol. The lowest BCUT2D eigenvalue weighted by Crippen LogP contribution is -2.44. The summed E-state index contributed by atoms with van der Waals surface area (Å²) in [6.07, 6.45) is 0.999. The standard InChI is InChI=1S/C23H20N4O2/c24-11-13-26-19-9-5-4-8-17(19)18-10-12-25(15-21(18)26)20-14-22(28)27(23(20)29)16-6-2-1-3-7-16/h1-9,20H,10,12-15H2/t20-/m1/s1. The molecule has 1 aromatic heterocycles. The Balaban J connectivity index is 1.48. The quantitative estimate of drug-likeness (QED) is 0.651. The molecule has 0 bridgehead atoms. The number of amides is 2. The number of anilines is 1. The fourth-order valence-corrected chi connectivity index (χ4v) is 4.68. The lowest BCUT2D eigenvalue weighted by molar-refractivity contribution is -0.123. The summed E-state index contributed by atoms with van der Waals surface area (Å²) in [5.74, 6) is -0.317. The number of fused-ring (bicyclic) bond motifs is 3. The molecule has 0 N–H and O–H groups in total. The molecule has 1 saturated heterocycles. The minimum absolute atomic E-state index is 0.158. The van der Waals surface area contributed by atoms with Crippen molar-refractivity contribution < 1.29 is 9.59 Å². The number of carbonyl (C=O) groups excluding carboxylic acids is 2. The Kier molecular flexibility index (Phi) is 4.18. The van der Waals surface area contributed by atoms with Crippen molar-refractivity contribution >= 4 is 28.4 Å². The number of carbonyl (C=O) groups is 2. The second-order valence-electron chi connectivity index (χ2n) is 7.53. The first-order valence-electron chi connectivity index (χ1n) is 9.81. The number of hydrogen-bond donors (Lipinski definition) is 0. The number of rotatable bonds is 3. The van der Waals surface area contributed by atoms with Crippen LogP contribution in [0.5, 0.6) is 0 Å². The van der Waals surface area contributed by atoms with Crippen LogP contribution < -0.4 is 4.90 Å². The van der Waals surface area contributed by atoms with E-state index in [4.69, 9.17) is 0 Å². The Bertz CT molecular complexity index is 1160. The molecule has 0 unspecified atom stereocenters. The molecule has 1 atom stereocenters. The third kappa shape index (κ3) is 2.74. The van der Waals surface area contributed by atoms with Crippen molar-refractivity contribution in [2.45, 2.75) is 32.0 Å². The SMILES string of the molecule is N#CCn1c2c(c3ccccc31)CCN([C@@H]1CC(=O)N(c3ccccc3)C1=O)C2. The van der Waals surface area contributed by atoms with Crippen LogP contribution in [0.3, 0.4) is 0 Å². The molecule has 2 aliphatic rings. The number of para-hydroxylation sites is 2. The molecule has 144 valence electrons. The largest absolute Gasteiger partial charge is 0.329 e. The smallest absolute Gasteiger partial charge is 0.251 e. The van der Waals surface area contributed by atoms with E-state index in [1.54, 1.807) is 12.1 Å². The first-order chi connectivity index (χ1) is 14.2. The highest BCUT2D eigenvalue weighted by molar-refractivity contribution is 6.22. The van der Waals surface area contributed by atoms with Crippen molar-refractivity contribution in [3.8, 4) is 6.07 Å². The minimum atomic E-state index is -0.454. The number of imide groups is 1. The van der Waals surface area contributed by atoms with Gasteiger partial charge in [-0.2, -0.15) is 5.26 Å². The number of nitriles is 1. The van der Waals surface area contributed by atoms with Gasteiger partial charge in [0, 0.05) is 29.7 Å². The van der Waals surface area contributed by atoms with Crippen LogP contribution in [0.1, 0.15) is 17.7 Å². The van der Waals surface area contributed by atoms with Crippen LogP contribution >= 0.6 is 0 Å². The van der Waals surface area contributed by atoms with Crippen LogP contribution in [0.15, 0.2) is 54.6 Å². The molecule has 2 amide bonds. The molecule has 29 heavy (non-hydrogen) atoms. The zero-order valence-corrected chi connectivity index (χ0v) is 15.9. The highest BCUT2D eigenvalue weighted by Crippen LogP contribution is 2.34. The molecule has 0 saturated carbocycles. The lowest BCUT2D eigenvalue weighted by atomic mass is 10.0. The van der Waals surface area contributed by atoms with Gasteiger partial charge < -0.3 is 4.57 Å². The van der Waals surface area contributed by atoms with Gasteiger partial charge in [0.2, 0.25) is 5.91 Å². The molecular formula is C23H20N4O2. The Morgan fingerprint density at radius 1 is 1.03 bits per heavy atom. The van der Waals surface area contributed by atoms with Crippen molar-refractivity contribution in [3.63, 3.8) is 0 Å². The number of hydrogen-bond acceptors (Lipinski definition) is 4. The highest BCUT2D eigenvalue weighted by atomic mass is 16.2. The van der Waals surface area contributed by atoms with E-state index in [1.807, 2.05) is 41.0 Å². The Labute approximate surface area is 168 Å². The minimum Gasteiger partial charge on any atom is -0.329 e. The molecule has 1 fully saturated rings. The van der Waals surface area contributed by atoms with Crippen LogP contribution in [0, 0.1) is 11.3 Å². The zero-order chi connectivity index (χ0) is 20.0. The normalized spacial score (nSPS) is 19.6. The molecule has 2 aliphatic heterocycles. The molecule has 3 aromatic rings. The zero-order valence-electron chi connectivity index (χ0n) is 15.9. The summed E-state index contributed by atoms with van der Waals surface area (Å²) in [4.78, 5) is 29.1. The topological polar surface area (TPSA) is 69.3 Å². The van der Waals surface area contributed by atoms with Crippen molar-refractivity contribution in [3.05, 3.63) is 65.9 Å². The van der Waals surface area contributed by atoms with E-state index >= 15 is 0 Å². The van der Waals surface area contributed by atoms with Crippen molar-refractivity contribution in [2.75, 3.05) is 11.4 Å². The summed E-state index contributed by atoms with van der Waals surface area (Å²) in [6.45, 7) is 1.56. The second kappa shape index (κ2) is 6.87. The molecule has 0 aliphatic carbocycles. The average Bonchev–Trinajstić information content (AvgIpc) is 3.23. The fraction of sp³-hybridized carbons (Fsp3) is 0.261. The van der Waals surface area contributed by atoms with E-state index < -0.39 is 6.04 Å². The molecule has 6 heteroatoms. The third-order valence-electron chi connectivity index (χ3n) is 6.00. The van der Waals surface area contributed by atoms with E-state index in [9.17, 15) is 14.9 Å². The maximum absolute atomic E-state index is 13.1. The lowest BCUT2D eigenvalue weighted by Gasteiger charge is -2.31. The molecule has 0 spiro atoms. The summed E-state index contributed by atoms with van der Waals surface area (Å²) in [5.41, 5.74) is 4.02. The Morgan fingerprint density at radius 3 is 2.59 bits per heavy atom. The summed E-state index contributed by atoms with van der Waals surface area (Å²) in [5, 5.41) is 10.5. The highest BCUT2D eigenvalue weighted by Gasteiger charge is 2.43. The summed E-state index contributed by atoms with van der Waals surface area (Å²) in [6, 6.07) is 19.0. The summed E-state index contributed by atoms with van der Waals surface area (Å²) >= 11 is 0. The second-order valence-corrected chi connectivity index (χ2v) is 7.53. The predicted molar refractivity (Wildman–Crippen MR) is 109 cm³/mol. The molecule has 6 nitrogen and oxygen atoms in total. The van der Waals surface area contributed by atoms with Gasteiger partial charge in [0.05, 0.1) is 24.2 Å². The first kappa shape index (κ1) is 17.7. The van der Waals surface area contributed by atoms with Gasteiger partial charge in [0.15, 0.2) is 0 Å². The van der Waals surface area contributed by atoms with Crippen molar-refractivity contribution in [1.82, 2.24) is 9.47 Å². The van der Waals surface area contributed by atoms with E-state index in [0.717, 1.165) is 24.2 Å². The monoisotopic (exact) mass is 384 g/mol. The van der Waals surface area contributed by atoms with Crippen LogP contribution in [-0.4, -0.2) is 33.9 Å². The van der Waals surface area contributed by atoms with Crippen LogP contribution in [0.25, 0.3) is 10.9 Å². The van der Waals surface area contributed by atoms with E-state index in [-0.39, 0.29) is 24.8 Å². The van der Waals surface area contributed by atoms with Gasteiger partial charge in [0.25, 0.3) is 5.91 Å². The van der Waals surface area contributed by atoms with Crippen molar-refractivity contribution in [1.29, 1.82) is 5.26 Å². The number of benzene rings is 2. The van der Waals surface area contributed by atoms with Crippen LogP contribution in [-0.2, 0) is 29.1 Å². The van der Waals surface area contributed by atoms with E-state index in [1.165, 1.54) is 15.8 Å². The van der Waals surface area contributed by atoms with Gasteiger partial charge in [-0.15, -0.1) is 0 Å². The van der Waals surface area contributed by atoms with Gasteiger partial charge in [-0.25, -0.2) is 4.90 Å². The molecule has 3 heterocycles. The van der Waals surface area contributed by atoms with Crippen LogP contribution in [0.2, 0.25) is 0 Å². The van der Waals surface area contributed by atoms with Gasteiger partial charge in [0.1, 0.15) is 6.54 Å². The number of nitrogens with zero attached hydrogens (tertiary/aromatic N) is 4. The van der Waals surface area contributed by atoms with Crippen LogP contribution in [0.4, 0.5) is 5.69 Å². The van der Waals surface area contributed by atoms with Gasteiger partial charge >= 0.3 is 0 Å². The summed E-state index contributed by atoms with van der Waals surface area (Å²) < 4.78 is 2.05. The van der Waals surface area contributed by atoms with Gasteiger partial charge in [-0.05, 0) is 30.2 Å². The average molecular weight is 384 g/mol. The van der Waals surface area contributed by atoms with Gasteiger partial charge in [-0.3, -0.25) is 14.5 Å². The molecule has 0 radical (unpaired) electrons. The maximum Gasteiger partial charge on any atom is 0.251 e. The fourth-order valence-electron chi connectivity index (χ4n) is 4.68. The van der Waals surface area contributed by atoms with Crippen molar-refractivity contribution in [2.24, 2.45) is 0 Å². The first-order valence-corrected chi connectivity index (χ1v) is 9.81.